The second-order valence-electron chi connectivity index (χ2n) is 4.95. The molecule has 0 saturated heterocycles. The van der Waals surface area contributed by atoms with Gasteiger partial charge < -0.3 is 5.73 Å². The molecule has 0 unspecified atom stereocenters. The number of hydrogen-bond donors (Lipinski definition) is 1. The van der Waals surface area contributed by atoms with E-state index >= 15 is 0 Å². The highest BCUT2D eigenvalue weighted by Gasteiger charge is 2.13. The Kier molecular flexibility index (Phi) is 4.05. The smallest absolute Gasteiger partial charge is 0.135 e. The van der Waals surface area contributed by atoms with Gasteiger partial charge in [-0.15, -0.1) is 0 Å². The molecule has 0 aliphatic carbocycles. The van der Waals surface area contributed by atoms with Gasteiger partial charge in [0.05, 0.1) is 0 Å². The third-order valence-electron chi connectivity index (χ3n) is 3.10. The maximum absolute atomic E-state index is 6.15. The maximum Gasteiger partial charge on any atom is 0.135 e. The lowest BCUT2D eigenvalue weighted by atomic mass is 10.0. The van der Waals surface area contributed by atoms with Crippen molar-refractivity contribution in [3.05, 3.63) is 51.9 Å². The Morgan fingerprint density at radius 1 is 1.21 bits per heavy atom. The van der Waals surface area contributed by atoms with Gasteiger partial charge in [0.15, 0.2) is 0 Å². The van der Waals surface area contributed by atoms with Gasteiger partial charge in [-0.2, -0.15) is 0 Å². The van der Waals surface area contributed by atoms with Crippen molar-refractivity contribution in [2.45, 2.75) is 33.1 Å². The second-order valence-corrected chi connectivity index (χ2v) is 5.35. The summed E-state index contributed by atoms with van der Waals surface area (Å²) in [5, 5.41) is 0.732. The highest BCUT2D eigenvalue weighted by atomic mass is 35.5. The van der Waals surface area contributed by atoms with E-state index in [1.54, 1.807) is 0 Å². The molecule has 2 N–H and O–H groups in total. The Labute approximate surface area is 118 Å². The van der Waals surface area contributed by atoms with Crippen LogP contribution in [0.3, 0.4) is 0 Å². The zero-order valence-corrected chi connectivity index (χ0v) is 12.2. The van der Waals surface area contributed by atoms with Gasteiger partial charge in [-0.1, -0.05) is 43.6 Å². The van der Waals surface area contributed by atoms with Crippen molar-refractivity contribution in [2.24, 2.45) is 0 Å². The predicted octanol–water partition coefficient (Wildman–Crippen LogP) is 3.73. The van der Waals surface area contributed by atoms with Gasteiger partial charge >= 0.3 is 0 Å². The maximum atomic E-state index is 6.15. The minimum Gasteiger partial charge on any atom is -0.383 e. The molecule has 0 amide bonds. The molecular formula is C15H18ClN3. The molecule has 2 aromatic rings. The Morgan fingerprint density at radius 3 is 2.47 bits per heavy atom. The Hall–Kier alpha value is -1.61. The van der Waals surface area contributed by atoms with Gasteiger partial charge in [0.2, 0.25) is 0 Å². The summed E-state index contributed by atoms with van der Waals surface area (Å²) in [7, 11) is 0. The van der Waals surface area contributed by atoms with Crippen molar-refractivity contribution in [3.8, 4) is 0 Å². The van der Waals surface area contributed by atoms with Crippen molar-refractivity contribution in [1.29, 1.82) is 0 Å². The molecule has 1 aromatic carbocycles. The Bertz CT molecular complexity index is 571. The minimum atomic E-state index is 0.328. The zero-order chi connectivity index (χ0) is 14.0. The number of aromatic nitrogens is 2. The van der Waals surface area contributed by atoms with Crippen LogP contribution in [0.15, 0.2) is 24.3 Å². The van der Waals surface area contributed by atoms with Gasteiger partial charge in [-0.05, 0) is 24.5 Å². The molecule has 19 heavy (non-hydrogen) atoms. The van der Waals surface area contributed by atoms with Gasteiger partial charge in [0.1, 0.15) is 11.6 Å². The summed E-state index contributed by atoms with van der Waals surface area (Å²) in [5.74, 6) is 1.62. The second kappa shape index (κ2) is 5.57. The average Bonchev–Trinajstić information content (AvgIpc) is 2.30. The lowest BCUT2D eigenvalue weighted by Crippen LogP contribution is -2.09. The van der Waals surface area contributed by atoms with E-state index in [1.165, 1.54) is 0 Å². The lowest BCUT2D eigenvalue weighted by Gasteiger charge is -2.13. The van der Waals surface area contributed by atoms with Gasteiger partial charge in [0.25, 0.3) is 0 Å². The molecule has 0 bridgehead atoms. The predicted molar refractivity (Wildman–Crippen MR) is 79.5 cm³/mol. The number of halogens is 1. The van der Waals surface area contributed by atoms with E-state index in [-0.39, 0.29) is 0 Å². The molecular weight excluding hydrogens is 258 g/mol. The largest absolute Gasteiger partial charge is 0.383 e. The first-order chi connectivity index (χ1) is 8.99. The van der Waals surface area contributed by atoms with Crippen LogP contribution in [0.25, 0.3) is 0 Å². The number of anilines is 1. The Morgan fingerprint density at radius 2 is 1.89 bits per heavy atom. The lowest BCUT2D eigenvalue weighted by molar-refractivity contribution is 0.817. The quantitative estimate of drug-likeness (QED) is 0.928. The third kappa shape index (κ3) is 3.04. The van der Waals surface area contributed by atoms with Crippen molar-refractivity contribution >= 4 is 17.4 Å². The molecule has 3 nitrogen and oxygen atoms in total. The molecule has 0 aliphatic heterocycles. The summed E-state index contributed by atoms with van der Waals surface area (Å²) < 4.78 is 0. The molecule has 100 valence electrons. The molecule has 0 saturated carbocycles. The van der Waals surface area contributed by atoms with Gasteiger partial charge in [-0.25, -0.2) is 9.97 Å². The van der Waals surface area contributed by atoms with Crippen molar-refractivity contribution in [3.63, 3.8) is 0 Å². The molecule has 0 spiro atoms. The van der Waals surface area contributed by atoms with Crippen LogP contribution in [-0.2, 0) is 6.42 Å². The van der Waals surface area contributed by atoms with E-state index in [4.69, 9.17) is 17.3 Å². The number of rotatable bonds is 3. The number of benzene rings is 1. The fourth-order valence-corrected chi connectivity index (χ4v) is 2.47. The first-order valence-corrected chi connectivity index (χ1v) is 6.73. The van der Waals surface area contributed by atoms with Crippen LogP contribution >= 0.6 is 11.6 Å². The van der Waals surface area contributed by atoms with E-state index in [0.717, 1.165) is 21.8 Å². The van der Waals surface area contributed by atoms with Gasteiger partial charge in [-0.3, -0.25) is 0 Å². The molecule has 4 heteroatoms. The highest BCUT2D eigenvalue weighted by molar-refractivity contribution is 6.31. The number of nitrogens with zero attached hydrogens (tertiary/aromatic N) is 2. The molecule has 0 fully saturated rings. The monoisotopic (exact) mass is 275 g/mol. The van der Waals surface area contributed by atoms with Crippen molar-refractivity contribution in [1.82, 2.24) is 9.97 Å². The minimum absolute atomic E-state index is 0.328. The van der Waals surface area contributed by atoms with Crippen LogP contribution < -0.4 is 5.73 Å². The van der Waals surface area contributed by atoms with Crippen LogP contribution in [0.2, 0.25) is 5.02 Å². The normalized spacial score (nSPS) is 11.0. The van der Waals surface area contributed by atoms with E-state index in [0.29, 0.717) is 24.0 Å². The van der Waals surface area contributed by atoms with Crippen molar-refractivity contribution < 1.29 is 0 Å². The molecule has 0 radical (unpaired) electrons. The molecule has 1 heterocycles. The van der Waals surface area contributed by atoms with Crippen LogP contribution in [-0.4, -0.2) is 9.97 Å². The van der Waals surface area contributed by atoms with Crippen LogP contribution in [0, 0.1) is 6.92 Å². The SMILES string of the molecule is Cc1nc(Cc2ccccc2Cl)nc(N)c1C(C)C. The molecule has 0 atom stereocenters. The summed E-state index contributed by atoms with van der Waals surface area (Å²) in [6.07, 6.45) is 0.600. The summed E-state index contributed by atoms with van der Waals surface area (Å²) in [5.41, 5.74) is 9.02. The fraction of sp³-hybridized carbons (Fsp3) is 0.333. The number of hydrogen-bond acceptors (Lipinski definition) is 3. The number of aryl methyl sites for hydroxylation is 1. The zero-order valence-electron chi connectivity index (χ0n) is 11.4. The summed E-state index contributed by atoms with van der Waals surface area (Å²) in [6, 6.07) is 7.72. The first-order valence-electron chi connectivity index (χ1n) is 6.35. The summed E-state index contributed by atoms with van der Waals surface area (Å²) in [6.45, 7) is 6.16. The highest BCUT2D eigenvalue weighted by Crippen LogP contribution is 2.24. The van der Waals surface area contributed by atoms with Crippen LogP contribution in [0.1, 0.15) is 42.4 Å². The standard InChI is InChI=1S/C15H18ClN3/c1-9(2)14-10(3)18-13(19-15(14)17)8-11-6-4-5-7-12(11)16/h4-7,9H,8H2,1-3H3,(H2,17,18,19). The molecule has 2 rings (SSSR count). The van der Waals surface area contributed by atoms with E-state index < -0.39 is 0 Å². The van der Waals surface area contributed by atoms with Crippen molar-refractivity contribution in [2.75, 3.05) is 5.73 Å². The average molecular weight is 276 g/mol. The number of nitrogen functional groups attached to an aromatic ring is 1. The number of nitrogens with two attached hydrogens (primary N) is 1. The third-order valence-corrected chi connectivity index (χ3v) is 3.46. The van der Waals surface area contributed by atoms with Crippen LogP contribution in [0.5, 0.6) is 0 Å². The summed E-state index contributed by atoms with van der Waals surface area (Å²) in [4.78, 5) is 8.94. The van der Waals surface area contributed by atoms with E-state index in [2.05, 4.69) is 23.8 Å². The molecule has 0 aliphatic rings. The topological polar surface area (TPSA) is 51.8 Å². The van der Waals surface area contributed by atoms with Crippen LogP contribution in [0.4, 0.5) is 5.82 Å². The summed E-state index contributed by atoms with van der Waals surface area (Å²) >= 11 is 6.15. The Balaban J connectivity index is 2.35. The fourth-order valence-electron chi connectivity index (χ4n) is 2.27. The van der Waals surface area contributed by atoms with Gasteiger partial charge in [0, 0.05) is 22.7 Å². The molecule has 1 aromatic heterocycles. The van der Waals surface area contributed by atoms with E-state index in [1.807, 2.05) is 31.2 Å². The van der Waals surface area contributed by atoms with E-state index in [9.17, 15) is 0 Å². The first kappa shape index (κ1) is 13.8.